The van der Waals surface area contributed by atoms with E-state index in [0.717, 1.165) is 25.7 Å². The number of benzene rings is 1. The molecule has 0 aliphatic rings. The van der Waals surface area contributed by atoms with Crippen molar-refractivity contribution < 1.29 is 18.9 Å². The van der Waals surface area contributed by atoms with Gasteiger partial charge in [-0.25, -0.2) is 0 Å². The molecule has 4 heteroatoms. The molecule has 0 aliphatic carbocycles. The predicted molar refractivity (Wildman–Crippen MR) is 120 cm³/mol. The Labute approximate surface area is 179 Å². The molecule has 0 aliphatic heterocycles. The Kier molecular flexibility index (Phi) is 13.5. The van der Waals surface area contributed by atoms with Crippen LogP contribution in [0.15, 0.2) is 30.3 Å². The lowest BCUT2D eigenvalue weighted by Gasteiger charge is -2.47. The molecule has 0 heterocycles. The minimum atomic E-state index is -1.18. The standard InChI is InChI=1S/C25H44O4/c1-6-10-11-12-13-17-21-24(26-5,22-20-23-18-15-14-16-19-23)25(27-7-2,28-8-3)29-9-4/h14-16,18-19H,6-13,17,20-22H2,1-5H3. The number of hydrogen-bond donors (Lipinski definition) is 0. The third-order valence-electron chi connectivity index (χ3n) is 5.55. The maximum Gasteiger partial charge on any atom is 0.313 e. The molecular weight excluding hydrogens is 364 g/mol. The molecule has 1 unspecified atom stereocenters. The third kappa shape index (κ3) is 8.01. The molecule has 1 aromatic carbocycles. The Bertz CT molecular complexity index is 488. The lowest BCUT2D eigenvalue weighted by molar-refractivity contribution is -0.444. The van der Waals surface area contributed by atoms with Crippen LogP contribution in [0.2, 0.25) is 0 Å². The predicted octanol–water partition coefficient (Wildman–Crippen LogP) is 6.52. The van der Waals surface area contributed by atoms with Crippen molar-refractivity contribution in [3.05, 3.63) is 35.9 Å². The molecule has 1 rings (SSSR count). The van der Waals surface area contributed by atoms with E-state index >= 15 is 0 Å². The van der Waals surface area contributed by atoms with E-state index in [-0.39, 0.29) is 0 Å². The first-order valence-electron chi connectivity index (χ1n) is 11.6. The van der Waals surface area contributed by atoms with E-state index in [0.29, 0.717) is 19.8 Å². The fourth-order valence-electron chi connectivity index (χ4n) is 4.03. The van der Waals surface area contributed by atoms with Gasteiger partial charge in [-0.2, -0.15) is 0 Å². The topological polar surface area (TPSA) is 36.9 Å². The fraction of sp³-hybridized carbons (Fsp3) is 0.760. The highest BCUT2D eigenvalue weighted by atomic mass is 16.9. The van der Waals surface area contributed by atoms with Gasteiger partial charge in [-0.15, -0.1) is 0 Å². The van der Waals surface area contributed by atoms with Gasteiger partial charge in [0.2, 0.25) is 0 Å². The first-order valence-corrected chi connectivity index (χ1v) is 11.6. The summed E-state index contributed by atoms with van der Waals surface area (Å²) in [6.45, 7) is 9.71. The zero-order valence-electron chi connectivity index (χ0n) is 19.5. The van der Waals surface area contributed by atoms with Crippen LogP contribution in [0.1, 0.15) is 84.6 Å². The number of unbranched alkanes of at least 4 members (excludes halogenated alkanes) is 5. The van der Waals surface area contributed by atoms with Crippen LogP contribution in [0.4, 0.5) is 0 Å². The van der Waals surface area contributed by atoms with E-state index in [2.05, 4.69) is 31.2 Å². The van der Waals surface area contributed by atoms with Crippen molar-refractivity contribution in [2.45, 2.75) is 97.1 Å². The summed E-state index contributed by atoms with van der Waals surface area (Å²) >= 11 is 0. The van der Waals surface area contributed by atoms with E-state index in [1.54, 1.807) is 7.11 Å². The number of hydrogen-bond acceptors (Lipinski definition) is 4. The van der Waals surface area contributed by atoms with Gasteiger partial charge in [-0.05, 0) is 45.6 Å². The van der Waals surface area contributed by atoms with Crippen LogP contribution in [0.25, 0.3) is 0 Å². The van der Waals surface area contributed by atoms with Crippen molar-refractivity contribution in [3.8, 4) is 0 Å². The molecule has 0 amide bonds. The fourth-order valence-corrected chi connectivity index (χ4v) is 4.03. The zero-order valence-corrected chi connectivity index (χ0v) is 19.5. The lowest BCUT2D eigenvalue weighted by atomic mass is 9.86. The summed E-state index contributed by atoms with van der Waals surface area (Å²) < 4.78 is 24.8. The third-order valence-corrected chi connectivity index (χ3v) is 5.55. The molecule has 0 fully saturated rings. The molecule has 4 nitrogen and oxygen atoms in total. The number of rotatable bonds is 18. The Morgan fingerprint density at radius 1 is 0.690 bits per heavy atom. The highest BCUT2D eigenvalue weighted by Crippen LogP contribution is 2.40. The van der Waals surface area contributed by atoms with Crippen LogP contribution < -0.4 is 0 Å². The monoisotopic (exact) mass is 408 g/mol. The number of ether oxygens (including phenoxy) is 4. The van der Waals surface area contributed by atoms with E-state index in [9.17, 15) is 0 Å². The highest BCUT2D eigenvalue weighted by molar-refractivity contribution is 5.15. The van der Waals surface area contributed by atoms with Gasteiger partial charge in [-0.3, -0.25) is 0 Å². The molecule has 29 heavy (non-hydrogen) atoms. The first kappa shape index (κ1) is 26.1. The van der Waals surface area contributed by atoms with Gasteiger partial charge in [0.1, 0.15) is 5.60 Å². The summed E-state index contributed by atoms with van der Waals surface area (Å²) in [7, 11) is 1.77. The summed E-state index contributed by atoms with van der Waals surface area (Å²) in [5, 5.41) is 0. The average Bonchev–Trinajstić information content (AvgIpc) is 2.74. The van der Waals surface area contributed by atoms with Gasteiger partial charge >= 0.3 is 5.97 Å². The summed E-state index contributed by atoms with van der Waals surface area (Å²) in [5.41, 5.74) is 0.630. The Hall–Kier alpha value is -0.940. The van der Waals surface area contributed by atoms with Crippen LogP contribution in [-0.2, 0) is 25.4 Å². The van der Waals surface area contributed by atoms with E-state index in [4.69, 9.17) is 18.9 Å². The second kappa shape index (κ2) is 15.0. The summed E-state index contributed by atoms with van der Waals surface area (Å²) in [6, 6.07) is 10.5. The first-order chi connectivity index (χ1) is 14.1. The summed E-state index contributed by atoms with van der Waals surface area (Å²) in [4.78, 5) is 0. The Morgan fingerprint density at radius 3 is 1.76 bits per heavy atom. The second-order valence-corrected chi connectivity index (χ2v) is 7.56. The normalized spacial score (nSPS) is 14.1. The van der Waals surface area contributed by atoms with Crippen LogP contribution in [0.3, 0.4) is 0 Å². The van der Waals surface area contributed by atoms with Crippen molar-refractivity contribution in [3.63, 3.8) is 0 Å². The molecule has 0 N–H and O–H groups in total. The van der Waals surface area contributed by atoms with E-state index in [1.807, 2.05) is 26.8 Å². The quantitative estimate of drug-likeness (QED) is 0.205. The van der Waals surface area contributed by atoms with Gasteiger partial charge in [0, 0.05) is 26.9 Å². The zero-order chi connectivity index (χ0) is 21.4. The van der Waals surface area contributed by atoms with Crippen molar-refractivity contribution in [2.75, 3.05) is 26.9 Å². The maximum absolute atomic E-state index is 6.24. The van der Waals surface area contributed by atoms with Crippen LogP contribution >= 0.6 is 0 Å². The summed E-state index contributed by atoms with van der Waals surface area (Å²) in [6.07, 6.45) is 9.92. The van der Waals surface area contributed by atoms with Gasteiger partial charge in [0.15, 0.2) is 0 Å². The van der Waals surface area contributed by atoms with E-state index < -0.39 is 11.6 Å². The van der Waals surface area contributed by atoms with E-state index in [1.165, 1.54) is 37.7 Å². The van der Waals surface area contributed by atoms with Gasteiger partial charge in [-0.1, -0.05) is 75.8 Å². The van der Waals surface area contributed by atoms with Gasteiger partial charge < -0.3 is 18.9 Å². The minimum Gasteiger partial charge on any atom is -0.370 e. The SMILES string of the molecule is CCCCCCCCC(CCc1ccccc1)(OC)C(OCC)(OCC)OCC. The van der Waals surface area contributed by atoms with Gasteiger partial charge in [0.05, 0.1) is 0 Å². The molecule has 0 saturated heterocycles. The highest BCUT2D eigenvalue weighted by Gasteiger charge is 2.55. The Morgan fingerprint density at radius 2 is 1.24 bits per heavy atom. The Balaban J connectivity index is 3.05. The van der Waals surface area contributed by atoms with Crippen molar-refractivity contribution in [1.29, 1.82) is 0 Å². The summed E-state index contributed by atoms with van der Waals surface area (Å²) in [5.74, 6) is -1.18. The molecule has 0 saturated carbocycles. The number of aryl methyl sites for hydroxylation is 1. The molecule has 1 atom stereocenters. The largest absolute Gasteiger partial charge is 0.370 e. The van der Waals surface area contributed by atoms with Crippen LogP contribution in [0, 0.1) is 0 Å². The molecule has 168 valence electrons. The van der Waals surface area contributed by atoms with Crippen molar-refractivity contribution in [1.82, 2.24) is 0 Å². The lowest BCUT2D eigenvalue weighted by Crippen LogP contribution is -2.61. The van der Waals surface area contributed by atoms with Crippen molar-refractivity contribution >= 4 is 0 Å². The van der Waals surface area contributed by atoms with Crippen LogP contribution in [-0.4, -0.2) is 38.5 Å². The molecule has 0 spiro atoms. The average molecular weight is 409 g/mol. The number of methoxy groups -OCH3 is 1. The van der Waals surface area contributed by atoms with Crippen LogP contribution in [0.5, 0.6) is 0 Å². The molecule has 0 bridgehead atoms. The molecular formula is C25H44O4. The van der Waals surface area contributed by atoms with Gasteiger partial charge in [0.25, 0.3) is 0 Å². The minimum absolute atomic E-state index is 0.507. The molecule has 0 radical (unpaired) electrons. The van der Waals surface area contributed by atoms with Crippen molar-refractivity contribution in [2.24, 2.45) is 0 Å². The smallest absolute Gasteiger partial charge is 0.313 e. The maximum atomic E-state index is 6.24. The molecule has 1 aromatic rings. The second-order valence-electron chi connectivity index (χ2n) is 7.56. The molecule has 0 aromatic heterocycles.